The summed E-state index contributed by atoms with van der Waals surface area (Å²) in [6.45, 7) is 1.63. The molecule has 0 aromatic carbocycles. The molecule has 0 aliphatic carbocycles. The van der Waals surface area contributed by atoms with E-state index in [9.17, 15) is 9.90 Å². The van der Waals surface area contributed by atoms with E-state index in [1.807, 2.05) is 31.2 Å². The number of carbonyl (C=O) groups is 1. The highest BCUT2D eigenvalue weighted by Crippen LogP contribution is 2.29. The van der Waals surface area contributed by atoms with E-state index >= 15 is 0 Å². The molecule has 3 heterocycles. The van der Waals surface area contributed by atoms with E-state index in [4.69, 9.17) is 0 Å². The van der Waals surface area contributed by atoms with Gasteiger partial charge in [-0.3, -0.25) is 4.79 Å². The molecule has 116 valence electrons. The fourth-order valence-electron chi connectivity index (χ4n) is 3.33. The van der Waals surface area contributed by atoms with Crippen LogP contribution in [0.25, 0.3) is 0 Å². The van der Waals surface area contributed by atoms with Crippen LogP contribution in [-0.4, -0.2) is 56.2 Å². The Labute approximate surface area is 129 Å². The Kier molecular flexibility index (Phi) is 4.26. The zero-order valence-electron chi connectivity index (χ0n) is 12.5. The van der Waals surface area contributed by atoms with Crippen molar-refractivity contribution in [3.63, 3.8) is 0 Å². The second-order valence-corrected chi connectivity index (χ2v) is 7.45. The summed E-state index contributed by atoms with van der Waals surface area (Å²) in [5.41, 5.74) is -1.13. The van der Waals surface area contributed by atoms with Crippen LogP contribution < -0.4 is 0 Å². The number of aliphatic hydroxyl groups is 1. The van der Waals surface area contributed by atoms with Crippen molar-refractivity contribution in [2.75, 3.05) is 25.1 Å². The zero-order valence-corrected chi connectivity index (χ0v) is 13.3. The van der Waals surface area contributed by atoms with Gasteiger partial charge in [0.15, 0.2) is 0 Å². The van der Waals surface area contributed by atoms with Crippen molar-refractivity contribution in [1.29, 1.82) is 0 Å². The fraction of sp³-hybridized carbons (Fsp3) is 0.733. The minimum absolute atomic E-state index is 0.0979. The lowest BCUT2D eigenvalue weighted by molar-refractivity contribution is -0.151. The van der Waals surface area contributed by atoms with Gasteiger partial charge in [-0.05, 0) is 36.7 Å². The van der Waals surface area contributed by atoms with Crippen molar-refractivity contribution < 1.29 is 9.90 Å². The van der Waals surface area contributed by atoms with E-state index in [0.717, 1.165) is 36.7 Å². The number of thioether (sulfide) groups is 1. The molecule has 2 aliphatic rings. The number of rotatable bonds is 3. The van der Waals surface area contributed by atoms with Gasteiger partial charge in [0.25, 0.3) is 5.91 Å². The molecule has 21 heavy (non-hydrogen) atoms. The van der Waals surface area contributed by atoms with Gasteiger partial charge in [-0.2, -0.15) is 11.8 Å². The highest BCUT2D eigenvalue weighted by atomic mass is 32.2. The number of hydrogen-bond donors (Lipinski definition) is 1. The van der Waals surface area contributed by atoms with Crippen LogP contribution in [-0.2, 0) is 17.8 Å². The van der Waals surface area contributed by atoms with E-state index in [1.165, 1.54) is 0 Å². The van der Waals surface area contributed by atoms with Crippen LogP contribution in [0.3, 0.4) is 0 Å². The zero-order chi connectivity index (χ0) is 14.9. The maximum atomic E-state index is 12.5. The first-order valence-corrected chi connectivity index (χ1v) is 8.80. The Morgan fingerprint density at radius 1 is 1.57 bits per heavy atom. The molecule has 0 spiro atoms. The lowest BCUT2D eigenvalue weighted by Gasteiger charge is -2.36. The maximum Gasteiger partial charge on any atom is 0.254 e. The minimum Gasteiger partial charge on any atom is -0.380 e. The van der Waals surface area contributed by atoms with Crippen LogP contribution in [0.4, 0.5) is 0 Å². The predicted molar refractivity (Wildman–Crippen MR) is 83.2 cm³/mol. The summed E-state index contributed by atoms with van der Waals surface area (Å²) in [7, 11) is 1.82. The van der Waals surface area contributed by atoms with Gasteiger partial charge >= 0.3 is 0 Å². The molecule has 1 fully saturated rings. The molecule has 3 rings (SSSR count). The largest absolute Gasteiger partial charge is 0.380 e. The smallest absolute Gasteiger partial charge is 0.254 e. The second-order valence-electron chi connectivity index (χ2n) is 6.23. The van der Waals surface area contributed by atoms with Gasteiger partial charge in [0.1, 0.15) is 11.4 Å². The van der Waals surface area contributed by atoms with Gasteiger partial charge in [-0.25, -0.2) is 4.98 Å². The molecule has 1 aromatic rings. The number of aromatic nitrogens is 2. The summed E-state index contributed by atoms with van der Waals surface area (Å²) in [6, 6.07) is 0. The lowest BCUT2D eigenvalue weighted by Crippen LogP contribution is -2.51. The molecule has 0 bridgehead atoms. The monoisotopic (exact) mass is 309 g/mol. The van der Waals surface area contributed by atoms with Gasteiger partial charge in [-0.1, -0.05) is 0 Å². The van der Waals surface area contributed by atoms with Gasteiger partial charge in [-0.15, -0.1) is 0 Å². The Hall–Kier alpha value is -1.01. The second kappa shape index (κ2) is 6.01. The number of carbonyl (C=O) groups excluding carboxylic acids is 1. The molecule has 1 amide bonds. The quantitative estimate of drug-likeness (QED) is 0.910. The molecule has 2 aliphatic heterocycles. The van der Waals surface area contributed by atoms with Gasteiger partial charge in [0, 0.05) is 39.0 Å². The Bertz CT molecular complexity index is 511. The van der Waals surface area contributed by atoms with Crippen molar-refractivity contribution in [1.82, 2.24) is 14.5 Å². The molecule has 0 saturated carbocycles. The van der Waals surface area contributed by atoms with Crippen LogP contribution in [0.5, 0.6) is 0 Å². The normalized spacial score (nSPS) is 24.4. The molecular formula is C15H23N3O2S. The summed E-state index contributed by atoms with van der Waals surface area (Å²) < 4.78 is 2.18. The molecule has 1 atom stereocenters. The molecule has 1 N–H and O–H groups in total. The van der Waals surface area contributed by atoms with Crippen LogP contribution >= 0.6 is 11.8 Å². The molecule has 1 saturated heterocycles. The van der Waals surface area contributed by atoms with Crippen molar-refractivity contribution in [3.05, 3.63) is 18.2 Å². The van der Waals surface area contributed by atoms with Crippen molar-refractivity contribution in [3.8, 4) is 0 Å². The Balaban J connectivity index is 1.59. The van der Waals surface area contributed by atoms with E-state index < -0.39 is 5.60 Å². The van der Waals surface area contributed by atoms with E-state index in [2.05, 4.69) is 9.55 Å². The Morgan fingerprint density at radius 2 is 2.33 bits per heavy atom. The lowest BCUT2D eigenvalue weighted by atomic mass is 9.93. The van der Waals surface area contributed by atoms with E-state index in [1.54, 1.807) is 4.90 Å². The summed E-state index contributed by atoms with van der Waals surface area (Å²) in [4.78, 5) is 18.6. The first kappa shape index (κ1) is 14.9. The average molecular weight is 309 g/mol. The van der Waals surface area contributed by atoms with Crippen LogP contribution in [0.1, 0.15) is 25.1 Å². The third kappa shape index (κ3) is 3.11. The van der Waals surface area contributed by atoms with E-state index in [-0.39, 0.29) is 5.91 Å². The summed E-state index contributed by atoms with van der Waals surface area (Å²) in [6.07, 6.45) is 7.04. The fourth-order valence-corrected chi connectivity index (χ4v) is 4.50. The highest BCUT2D eigenvalue weighted by molar-refractivity contribution is 7.99. The number of likely N-dealkylation sites (N-methyl/N-ethyl adjacent to an activating group) is 1. The van der Waals surface area contributed by atoms with E-state index in [0.29, 0.717) is 25.3 Å². The van der Waals surface area contributed by atoms with Crippen molar-refractivity contribution >= 4 is 17.7 Å². The number of amides is 1. The molecule has 0 radical (unpaired) electrons. The molecule has 1 aromatic heterocycles. The SMILES string of the molecule is CN(CC1CCc2nccn2C1)C(=O)C1(O)CCSCC1. The van der Waals surface area contributed by atoms with Gasteiger partial charge in [0.05, 0.1) is 0 Å². The van der Waals surface area contributed by atoms with Crippen molar-refractivity contribution in [2.45, 2.75) is 37.8 Å². The number of imidazole rings is 1. The molecule has 5 nitrogen and oxygen atoms in total. The number of aryl methyl sites for hydroxylation is 1. The third-order valence-corrected chi connectivity index (χ3v) is 5.62. The minimum atomic E-state index is -1.13. The first-order valence-electron chi connectivity index (χ1n) is 7.64. The molecule has 1 unspecified atom stereocenters. The predicted octanol–water partition coefficient (Wildman–Crippen LogP) is 1.16. The van der Waals surface area contributed by atoms with Gasteiger partial charge in [0.2, 0.25) is 0 Å². The first-order chi connectivity index (χ1) is 10.1. The van der Waals surface area contributed by atoms with Crippen LogP contribution in [0.15, 0.2) is 12.4 Å². The topological polar surface area (TPSA) is 58.4 Å². The number of fused-ring (bicyclic) bond motifs is 1. The molecular weight excluding hydrogens is 286 g/mol. The van der Waals surface area contributed by atoms with Crippen LogP contribution in [0, 0.1) is 5.92 Å². The number of hydrogen-bond acceptors (Lipinski definition) is 4. The third-order valence-electron chi connectivity index (χ3n) is 4.63. The average Bonchev–Trinajstić information content (AvgIpc) is 2.94. The molecule has 6 heteroatoms. The summed E-state index contributed by atoms with van der Waals surface area (Å²) in [5.74, 6) is 3.24. The van der Waals surface area contributed by atoms with Crippen molar-refractivity contribution in [2.24, 2.45) is 5.92 Å². The maximum absolute atomic E-state index is 12.5. The highest BCUT2D eigenvalue weighted by Gasteiger charge is 2.39. The number of nitrogens with zero attached hydrogens (tertiary/aromatic N) is 3. The standard InChI is InChI=1S/C15H23N3O2S/c1-17(14(19)15(20)4-8-21-9-5-15)10-12-2-3-13-16-6-7-18(13)11-12/h6-7,12,20H,2-5,8-11H2,1H3. The summed E-state index contributed by atoms with van der Waals surface area (Å²) >= 11 is 1.81. The Morgan fingerprint density at radius 3 is 3.10 bits per heavy atom. The van der Waals surface area contributed by atoms with Crippen LogP contribution in [0.2, 0.25) is 0 Å². The van der Waals surface area contributed by atoms with Gasteiger partial charge < -0.3 is 14.6 Å². The summed E-state index contributed by atoms with van der Waals surface area (Å²) in [5, 5.41) is 10.5.